The Balaban J connectivity index is 1.86. The van der Waals surface area contributed by atoms with Gasteiger partial charge in [-0.1, -0.05) is 115 Å². The topological polar surface area (TPSA) is 9.23 Å². The molecule has 0 N–H and O–H groups in total. The first kappa shape index (κ1) is 20.4. The smallest absolute Gasteiger partial charge is 0.118 e. The molecule has 0 aliphatic rings. The molecule has 0 aliphatic carbocycles. The van der Waals surface area contributed by atoms with Gasteiger partial charge < -0.3 is 4.74 Å². The van der Waals surface area contributed by atoms with Crippen molar-refractivity contribution in [2.24, 2.45) is 0 Å². The first-order valence-electron chi connectivity index (χ1n) is 10.5. The lowest BCUT2D eigenvalue weighted by Gasteiger charge is -2.11. The highest BCUT2D eigenvalue weighted by molar-refractivity contribution is 5.86. The maximum atomic E-state index is 5.35. The molecule has 0 fully saturated rings. The molecule has 152 valence electrons. The van der Waals surface area contributed by atoms with Crippen molar-refractivity contribution >= 4 is 11.1 Å². The summed E-state index contributed by atoms with van der Waals surface area (Å²) in [6.07, 6.45) is 4.45. The summed E-state index contributed by atoms with van der Waals surface area (Å²) in [5, 5.41) is 0. The van der Waals surface area contributed by atoms with Gasteiger partial charge in [0, 0.05) is 0 Å². The Bertz CT molecular complexity index is 1130. The minimum Gasteiger partial charge on any atom is -0.497 e. The van der Waals surface area contributed by atoms with Gasteiger partial charge in [0.2, 0.25) is 0 Å². The SMILES string of the molecule is COc1ccc(/C(=C/C=C(c2ccccc2)c2ccccc2)c2ccc(C)cc2)cc1. The lowest BCUT2D eigenvalue weighted by atomic mass is 9.93. The zero-order valence-corrected chi connectivity index (χ0v) is 18.0. The zero-order valence-electron chi connectivity index (χ0n) is 18.0. The molecule has 4 aromatic carbocycles. The third-order valence-electron chi connectivity index (χ3n) is 5.35. The number of rotatable bonds is 6. The predicted molar refractivity (Wildman–Crippen MR) is 131 cm³/mol. The third kappa shape index (κ3) is 5.02. The fraction of sp³-hybridized carbons (Fsp3) is 0.0667. The molecule has 0 spiro atoms. The number of aryl methyl sites for hydroxylation is 1. The van der Waals surface area contributed by atoms with Crippen molar-refractivity contribution in [3.8, 4) is 5.75 Å². The minimum atomic E-state index is 0.858. The van der Waals surface area contributed by atoms with E-state index in [1.165, 1.54) is 33.4 Å². The van der Waals surface area contributed by atoms with Crippen LogP contribution in [0, 0.1) is 6.92 Å². The van der Waals surface area contributed by atoms with E-state index in [1.54, 1.807) is 7.11 Å². The second kappa shape index (κ2) is 9.77. The third-order valence-corrected chi connectivity index (χ3v) is 5.35. The molecule has 0 radical (unpaired) electrons. The number of hydrogen-bond acceptors (Lipinski definition) is 1. The van der Waals surface area contributed by atoms with Crippen molar-refractivity contribution in [2.75, 3.05) is 7.11 Å². The van der Waals surface area contributed by atoms with Crippen molar-refractivity contribution in [2.45, 2.75) is 6.92 Å². The minimum absolute atomic E-state index is 0.858. The van der Waals surface area contributed by atoms with Gasteiger partial charge in [-0.3, -0.25) is 0 Å². The van der Waals surface area contributed by atoms with Gasteiger partial charge in [0.15, 0.2) is 0 Å². The van der Waals surface area contributed by atoms with Gasteiger partial charge >= 0.3 is 0 Å². The number of benzene rings is 4. The molecule has 31 heavy (non-hydrogen) atoms. The summed E-state index contributed by atoms with van der Waals surface area (Å²) in [6, 6.07) is 38.0. The normalized spacial score (nSPS) is 11.1. The maximum absolute atomic E-state index is 5.35. The van der Waals surface area contributed by atoms with Crippen LogP contribution in [0.4, 0.5) is 0 Å². The Morgan fingerprint density at radius 1 is 0.516 bits per heavy atom. The van der Waals surface area contributed by atoms with E-state index in [1.807, 2.05) is 12.1 Å². The van der Waals surface area contributed by atoms with Crippen LogP contribution in [0.25, 0.3) is 11.1 Å². The van der Waals surface area contributed by atoms with Crippen LogP contribution in [0.5, 0.6) is 5.75 Å². The Morgan fingerprint density at radius 2 is 0.903 bits per heavy atom. The van der Waals surface area contributed by atoms with Crippen molar-refractivity contribution in [3.05, 3.63) is 149 Å². The van der Waals surface area contributed by atoms with Crippen LogP contribution in [0.15, 0.2) is 121 Å². The molecule has 0 atom stereocenters. The Hall–Kier alpha value is -3.84. The molecule has 0 aromatic heterocycles. The maximum Gasteiger partial charge on any atom is 0.118 e. The summed E-state index contributed by atoms with van der Waals surface area (Å²) in [5.41, 5.74) is 8.36. The van der Waals surface area contributed by atoms with Gasteiger partial charge in [-0.2, -0.15) is 0 Å². The average molecular weight is 403 g/mol. The molecule has 0 amide bonds. The van der Waals surface area contributed by atoms with E-state index in [0.717, 1.165) is 11.3 Å². The largest absolute Gasteiger partial charge is 0.497 e. The number of hydrogen-bond donors (Lipinski definition) is 0. The first-order chi connectivity index (χ1) is 15.2. The van der Waals surface area contributed by atoms with Crippen LogP contribution in [-0.2, 0) is 0 Å². The van der Waals surface area contributed by atoms with Crippen molar-refractivity contribution < 1.29 is 4.74 Å². The van der Waals surface area contributed by atoms with Gasteiger partial charge in [-0.25, -0.2) is 0 Å². The van der Waals surface area contributed by atoms with Crippen LogP contribution in [0.3, 0.4) is 0 Å². The fourth-order valence-corrected chi connectivity index (χ4v) is 3.62. The number of allylic oxidation sites excluding steroid dienone is 2. The fourth-order valence-electron chi connectivity index (χ4n) is 3.62. The highest BCUT2D eigenvalue weighted by atomic mass is 16.5. The number of ether oxygens (including phenoxy) is 1. The van der Waals surface area contributed by atoms with Gasteiger partial charge in [-0.05, 0) is 52.5 Å². The standard InChI is InChI=1S/C30H26O/c1-23-13-15-26(16-14-23)30(27-17-19-28(31-2)20-18-27)22-21-29(24-9-5-3-6-10-24)25-11-7-4-8-12-25/h3-22H,1-2H3/b30-22+. The van der Waals surface area contributed by atoms with Crippen LogP contribution >= 0.6 is 0 Å². The molecule has 0 saturated heterocycles. The van der Waals surface area contributed by atoms with Crippen LogP contribution in [-0.4, -0.2) is 7.11 Å². The number of methoxy groups -OCH3 is 1. The summed E-state index contributed by atoms with van der Waals surface area (Å²) < 4.78 is 5.35. The first-order valence-corrected chi connectivity index (χ1v) is 10.5. The van der Waals surface area contributed by atoms with Crippen molar-refractivity contribution in [1.29, 1.82) is 0 Å². The van der Waals surface area contributed by atoms with Crippen LogP contribution < -0.4 is 4.74 Å². The van der Waals surface area contributed by atoms with E-state index in [-0.39, 0.29) is 0 Å². The van der Waals surface area contributed by atoms with E-state index >= 15 is 0 Å². The summed E-state index contributed by atoms with van der Waals surface area (Å²) in [7, 11) is 1.69. The van der Waals surface area contributed by atoms with E-state index in [0.29, 0.717) is 0 Å². The summed E-state index contributed by atoms with van der Waals surface area (Å²) >= 11 is 0. The molecular formula is C30H26O. The molecule has 0 aliphatic heterocycles. The summed E-state index contributed by atoms with van der Waals surface area (Å²) in [5.74, 6) is 0.858. The molecular weight excluding hydrogens is 376 g/mol. The molecule has 0 saturated carbocycles. The van der Waals surface area contributed by atoms with Crippen LogP contribution in [0.1, 0.15) is 27.8 Å². The van der Waals surface area contributed by atoms with Crippen molar-refractivity contribution in [3.63, 3.8) is 0 Å². The highest BCUT2D eigenvalue weighted by Crippen LogP contribution is 2.29. The molecule has 4 rings (SSSR count). The van der Waals surface area contributed by atoms with Gasteiger partial charge in [0.1, 0.15) is 5.75 Å². The monoisotopic (exact) mass is 402 g/mol. The Kier molecular flexibility index (Phi) is 6.44. The van der Waals surface area contributed by atoms with Gasteiger partial charge in [0.25, 0.3) is 0 Å². The van der Waals surface area contributed by atoms with E-state index in [2.05, 4.69) is 116 Å². The molecule has 1 heteroatoms. The predicted octanol–water partition coefficient (Wildman–Crippen LogP) is 7.57. The lowest BCUT2D eigenvalue weighted by Crippen LogP contribution is -1.91. The highest BCUT2D eigenvalue weighted by Gasteiger charge is 2.07. The Labute approximate surface area is 185 Å². The van der Waals surface area contributed by atoms with E-state index in [4.69, 9.17) is 4.74 Å². The molecule has 0 unspecified atom stereocenters. The quantitative estimate of drug-likeness (QED) is 0.302. The molecule has 0 heterocycles. The Morgan fingerprint density at radius 3 is 1.32 bits per heavy atom. The summed E-state index contributed by atoms with van der Waals surface area (Å²) in [6.45, 7) is 2.11. The second-order valence-electron chi connectivity index (χ2n) is 7.49. The van der Waals surface area contributed by atoms with E-state index < -0.39 is 0 Å². The lowest BCUT2D eigenvalue weighted by molar-refractivity contribution is 0.415. The van der Waals surface area contributed by atoms with Gasteiger partial charge in [0.05, 0.1) is 7.11 Å². The van der Waals surface area contributed by atoms with Crippen molar-refractivity contribution in [1.82, 2.24) is 0 Å². The van der Waals surface area contributed by atoms with E-state index in [9.17, 15) is 0 Å². The van der Waals surface area contributed by atoms with Gasteiger partial charge in [-0.15, -0.1) is 0 Å². The van der Waals surface area contributed by atoms with Crippen LogP contribution in [0.2, 0.25) is 0 Å². The molecule has 1 nitrogen and oxygen atoms in total. The molecule has 0 bridgehead atoms. The zero-order chi connectivity index (χ0) is 21.5. The summed E-state index contributed by atoms with van der Waals surface area (Å²) in [4.78, 5) is 0. The average Bonchev–Trinajstić information content (AvgIpc) is 2.84. The second-order valence-corrected chi connectivity index (χ2v) is 7.49. The molecule has 4 aromatic rings.